The molecule has 0 fully saturated rings. The van der Waals surface area contributed by atoms with Crippen LogP contribution < -0.4 is 10.6 Å². The number of nitrogens with two attached hydrogens (primary N) is 1. The van der Waals surface area contributed by atoms with E-state index in [1.54, 1.807) is 18.3 Å². The molecule has 0 bridgehead atoms. The van der Waals surface area contributed by atoms with Crippen LogP contribution in [0.2, 0.25) is 5.02 Å². The molecule has 1 aliphatic heterocycles. The fourth-order valence-electron chi connectivity index (χ4n) is 3.41. The van der Waals surface area contributed by atoms with Gasteiger partial charge in [-0.3, -0.25) is 4.79 Å². The van der Waals surface area contributed by atoms with E-state index >= 15 is 0 Å². The molecule has 2 aromatic heterocycles. The molecule has 1 aliphatic rings. The number of hydrogen-bond acceptors (Lipinski definition) is 4. The average molecular weight is 383 g/mol. The molecule has 1 amide bonds. The Morgan fingerprint density at radius 3 is 2.85 bits per heavy atom. The Labute approximate surface area is 160 Å². The summed E-state index contributed by atoms with van der Waals surface area (Å²) >= 11 is 5.82. The minimum atomic E-state index is -0.672. The molecule has 2 N–H and O–H groups in total. The lowest BCUT2D eigenvalue weighted by molar-refractivity contribution is 0.0999. The molecule has 0 saturated carbocycles. The maximum absolute atomic E-state index is 13.2. The van der Waals surface area contributed by atoms with Crippen LogP contribution in [0.25, 0.3) is 0 Å². The molecule has 27 heavy (non-hydrogen) atoms. The van der Waals surface area contributed by atoms with Gasteiger partial charge in [0.1, 0.15) is 5.82 Å². The number of aromatic nitrogens is 2. The van der Waals surface area contributed by atoms with Crippen LogP contribution in [-0.2, 0) is 12.8 Å². The average Bonchev–Trinajstić information content (AvgIpc) is 3.09. The number of pyridine rings is 2. The van der Waals surface area contributed by atoms with Gasteiger partial charge in [0, 0.05) is 30.2 Å². The Kier molecular flexibility index (Phi) is 4.49. The van der Waals surface area contributed by atoms with E-state index in [1.165, 1.54) is 6.20 Å². The molecule has 5 nitrogen and oxygen atoms in total. The number of carbonyl (C=O) groups excluding carboxylic acids is 1. The smallest absolute Gasteiger partial charge is 0.249 e. The van der Waals surface area contributed by atoms with Gasteiger partial charge in [0.15, 0.2) is 0 Å². The lowest BCUT2D eigenvalue weighted by Gasteiger charge is -2.19. The quantitative estimate of drug-likeness (QED) is 0.699. The molecule has 136 valence electrons. The lowest BCUT2D eigenvalue weighted by atomic mass is 10.0. The summed E-state index contributed by atoms with van der Waals surface area (Å²) in [7, 11) is 0. The summed E-state index contributed by atoms with van der Waals surface area (Å²) in [5.74, 6) is -0.306. The van der Waals surface area contributed by atoms with Crippen molar-refractivity contribution in [3.05, 3.63) is 82.0 Å². The maximum Gasteiger partial charge on any atom is 0.249 e. The Morgan fingerprint density at radius 2 is 2.07 bits per heavy atom. The third-order valence-electron chi connectivity index (χ3n) is 4.64. The van der Waals surface area contributed by atoms with Gasteiger partial charge in [-0.2, -0.15) is 4.39 Å². The van der Waals surface area contributed by atoms with Crippen LogP contribution in [0.4, 0.5) is 15.9 Å². The number of hydrogen-bond donors (Lipinski definition) is 1. The van der Waals surface area contributed by atoms with Crippen LogP contribution in [-0.4, -0.2) is 22.4 Å². The second-order valence-corrected chi connectivity index (χ2v) is 6.79. The predicted molar refractivity (Wildman–Crippen MR) is 102 cm³/mol. The first-order valence-electron chi connectivity index (χ1n) is 8.47. The van der Waals surface area contributed by atoms with Crippen molar-refractivity contribution in [1.82, 2.24) is 9.97 Å². The number of primary amides is 1. The van der Waals surface area contributed by atoms with Gasteiger partial charge >= 0.3 is 0 Å². The second kappa shape index (κ2) is 6.96. The summed E-state index contributed by atoms with van der Waals surface area (Å²) in [6, 6.07) is 11.0. The van der Waals surface area contributed by atoms with Gasteiger partial charge in [0.2, 0.25) is 11.9 Å². The van der Waals surface area contributed by atoms with Crippen LogP contribution in [0.1, 0.15) is 27.0 Å². The van der Waals surface area contributed by atoms with Crippen molar-refractivity contribution >= 4 is 29.0 Å². The van der Waals surface area contributed by atoms with E-state index < -0.39 is 11.9 Å². The van der Waals surface area contributed by atoms with Crippen molar-refractivity contribution in [1.29, 1.82) is 0 Å². The number of benzene rings is 1. The third-order valence-corrected chi connectivity index (χ3v) is 4.91. The fraction of sp³-hybridized carbons (Fsp3) is 0.150. The first kappa shape index (κ1) is 17.4. The monoisotopic (exact) mass is 382 g/mol. The first-order chi connectivity index (χ1) is 13.0. The van der Waals surface area contributed by atoms with Crippen molar-refractivity contribution in [3.63, 3.8) is 0 Å². The molecule has 0 radical (unpaired) electrons. The molecule has 1 aromatic carbocycles. The van der Waals surface area contributed by atoms with Crippen LogP contribution in [0.5, 0.6) is 0 Å². The number of anilines is 2. The maximum atomic E-state index is 13.2. The van der Waals surface area contributed by atoms with E-state index in [2.05, 4.69) is 14.9 Å². The van der Waals surface area contributed by atoms with E-state index in [9.17, 15) is 9.18 Å². The molecule has 0 spiro atoms. The molecule has 7 heteroatoms. The topological polar surface area (TPSA) is 72.1 Å². The summed E-state index contributed by atoms with van der Waals surface area (Å²) in [5.41, 5.74) is 9.76. The van der Waals surface area contributed by atoms with E-state index in [0.29, 0.717) is 12.0 Å². The van der Waals surface area contributed by atoms with Crippen LogP contribution in [0.15, 0.2) is 48.8 Å². The fourth-order valence-corrected chi connectivity index (χ4v) is 3.60. The van der Waals surface area contributed by atoms with Crippen molar-refractivity contribution in [2.45, 2.75) is 12.8 Å². The Morgan fingerprint density at radius 1 is 1.22 bits per heavy atom. The summed E-state index contributed by atoms with van der Waals surface area (Å²) in [6.07, 6.45) is 4.51. The van der Waals surface area contributed by atoms with Crippen molar-refractivity contribution in [3.8, 4) is 0 Å². The number of halogens is 2. The highest BCUT2D eigenvalue weighted by Crippen LogP contribution is 2.35. The first-order valence-corrected chi connectivity index (χ1v) is 8.85. The minimum absolute atomic E-state index is 0.00855. The number of rotatable bonds is 4. The van der Waals surface area contributed by atoms with Crippen molar-refractivity contribution in [2.24, 2.45) is 5.73 Å². The predicted octanol–water partition coefficient (Wildman–Crippen LogP) is 3.65. The van der Waals surface area contributed by atoms with Crippen LogP contribution in [0, 0.1) is 5.95 Å². The Hall–Kier alpha value is -2.99. The number of amides is 1. The molecule has 4 rings (SSSR count). The normalized spacial score (nSPS) is 12.9. The molecule has 3 aromatic rings. The summed E-state index contributed by atoms with van der Waals surface area (Å²) in [6.45, 7) is 0.722. The highest BCUT2D eigenvalue weighted by atomic mass is 35.5. The Bertz CT molecular complexity index is 1040. The summed E-state index contributed by atoms with van der Waals surface area (Å²) in [5, 5.41) is 0.00855. The van der Waals surface area contributed by atoms with Gasteiger partial charge in [0.05, 0.1) is 5.02 Å². The molecular weight excluding hydrogens is 367 g/mol. The SMILES string of the molecule is NC(=O)c1cccc2c1CCN2c1cc(Cc2cnc(F)c(Cl)c2)ccn1. The summed E-state index contributed by atoms with van der Waals surface area (Å²) < 4.78 is 13.2. The highest BCUT2D eigenvalue weighted by molar-refractivity contribution is 6.30. The third kappa shape index (κ3) is 3.36. The molecule has 3 heterocycles. The zero-order valence-electron chi connectivity index (χ0n) is 14.3. The van der Waals surface area contributed by atoms with E-state index in [-0.39, 0.29) is 5.02 Å². The van der Waals surface area contributed by atoms with Gasteiger partial charge in [-0.1, -0.05) is 17.7 Å². The van der Waals surface area contributed by atoms with Gasteiger partial charge in [0.25, 0.3) is 0 Å². The van der Waals surface area contributed by atoms with Crippen molar-refractivity contribution < 1.29 is 9.18 Å². The number of carbonyl (C=O) groups is 1. The molecule has 0 unspecified atom stereocenters. The standard InChI is InChI=1S/C20H16ClFN4O/c21-16-9-13(11-25-19(16)22)8-12-4-6-24-18(10-12)26-7-5-14-15(20(23)27)2-1-3-17(14)26/h1-4,6,9-11H,5,7-8H2,(H2,23,27). The van der Waals surface area contributed by atoms with Crippen LogP contribution >= 0.6 is 11.6 Å². The summed E-state index contributed by atoms with van der Waals surface area (Å²) in [4.78, 5) is 21.9. The minimum Gasteiger partial charge on any atom is -0.366 e. The number of fused-ring (bicyclic) bond motifs is 1. The van der Waals surface area contributed by atoms with Gasteiger partial charge in [-0.05, 0) is 59.9 Å². The zero-order valence-corrected chi connectivity index (χ0v) is 15.1. The molecule has 0 saturated heterocycles. The molecule has 0 atom stereocenters. The van der Waals surface area contributed by atoms with Gasteiger partial charge < -0.3 is 10.6 Å². The van der Waals surface area contributed by atoms with Gasteiger partial charge in [-0.25, -0.2) is 9.97 Å². The lowest BCUT2D eigenvalue weighted by Crippen LogP contribution is -2.15. The number of nitrogens with zero attached hydrogens (tertiary/aromatic N) is 3. The largest absolute Gasteiger partial charge is 0.366 e. The van der Waals surface area contributed by atoms with E-state index in [0.717, 1.165) is 41.2 Å². The van der Waals surface area contributed by atoms with Crippen LogP contribution in [0.3, 0.4) is 0 Å². The van der Waals surface area contributed by atoms with E-state index in [4.69, 9.17) is 17.3 Å². The highest BCUT2D eigenvalue weighted by Gasteiger charge is 2.25. The van der Waals surface area contributed by atoms with Crippen molar-refractivity contribution in [2.75, 3.05) is 11.4 Å². The molecule has 0 aliphatic carbocycles. The zero-order chi connectivity index (χ0) is 19.0. The van der Waals surface area contributed by atoms with Gasteiger partial charge in [-0.15, -0.1) is 0 Å². The van der Waals surface area contributed by atoms with E-state index in [1.807, 2.05) is 24.3 Å². The second-order valence-electron chi connectivity index (χ2n) is 6.38. The Balaban J connectivity index is 1.64. The molecular formula is C20H16ClFN4O.